The third-order valence-corrected chi connectivity index (χ3v) is 4.58. The second-order valence-electron chi connectivity index (χ2n) is 6.58. The molecule has 0 unspecified atom stereocenters. The average molecular weight is 336 g/mol. The normalized spacial score (nSPS) is 11.4. The van der Waals surface area contributed by atoms with Crippen LogP contribution in [0.3, 0.4) is 0 Å². The van der Waals surface area contributed by atoms with Crippen LogP contribution in [0.2, 0.25) is 0 Å². The van der Waals surface area contributed by atoms with Crippen molar-refractivity contribution in [3.8, 4) is 0 Å². The number of benzene rings is 3. The zero-order chi connectivity index (χ0) is 17.6. The van der Waals surface area contributed by atoms with Gasteiger partial charge >= 0.3 is 0 Å². The summed E-state index contributed by atoms with van der Waals surface area (Å²) in [4.78, 5) is 2.18. The molecule has 0 saturated carbocycles. The summed E-state index contributed by atoms with van der Waals surface area (Å²) in [5.74, 6) is -0.121. The van der Waals surface area contributed by atoms with Gasteiger partial charge < -0.3 is 10.2 Å². The van der Waals surface area contributed by atoms with Crippen LogP contribution in [0.15, 0.2) is 60.7 Å². The Morgan fingerprint density at radius 2 is 1.76 bits per heavy atom. The predicted molar refractivity (Wildman–Crippen MR) is 103 cm³/mol. The van der Waals surface area contributed by atoms with E-state index in [-0.39, 0.29) is 5.82 Å². The molecule has 0 fully saturated rings. The quantitative estimate of drug-likeness (QED) is 0.689. The van der Waals surface area contributed by atoms with Crippen molar-refractivity contribution < 1.29 is 4.39 Å². The van der Waals surface area contributed by atoms with E-state index in [4.69, 9.17) is 0 Å². The fraction of sp³-hybridized carbons (Fsp3) is 0.273. The molecule has 0 aliphatic rings. The summed E-state index contributed by atoms with van der Waals surface area (Å²) in [5, 5.41) is 5.63. The van der Waals surface area contributed by atoms with E-state index in [9.17, 15) is 4.39 Å². The third kappa shape index (κ3) is 4.44. The molecule has 1 N–H and O–H groups in total. The molecular formula is C22H25FN2. The molecule has 0 aliphatic heterocycles. The largest absolute Gasteiger partial charge is 0.316 e. The SMILES string of the molecule is CNCc1ccc(CN(C)CCc2cccc3ccccc23)c(F)c1. The van der Waals surface area contributed by atoms with Gasteiger partial charge in [0.05, 0.1) is 0 Å². The van der Waals surface area contributed by atoms with E-state index in [0.717, 1.165) is 24.1 Å². The van der Waals surface area contributed by atoms with Crippen molar-refractivity contribution in [3.05, 3.63) is 83.2 Å². The van der Waals surface area contributed by atoms with Crippen LogP contribution in [0, 0.1) is 5.82 Å². The van der Waals surface area contributed by atoms with Gasteiger partial charge in [-0.1, -0.05) is 54.6 Å². The van der Waals surface area contributed by atoms with E-state index in [2.05, 4.69) is 52.7 Å². The Labute approximate surface area is 149 Å². The number of rotatable bonds is 7. The van der Waals surface area contributed by atoms with Gasteiger partial charge in [-0.2, -0.15) is 0 Å². The molecule has 3 heteroatoms. The van der Waals surface area contributed by atoms with E-state index >= 15 is 0 Å². The summed E-state index contributed by atoms with van der Waals surface area (Å²) < 4.78 is 14.3. The van der Waals surface area contributed by atoms with E-state index < -0.39 is 0 Å². The number of nitrogens with one attached hydrogen (secondary N) is 1. The molecule has 0 radical (unpaired) electrons. The summed E-state index contributed by atoms with van der Waals surface area (Å²) in [7, 11) is 3.92. The molecule has 3 rings (SSSR count). The molecule has 25 heavy (non-hydrogen) atoms. The van der Waals surface area contributed by atoms with Crippen LogP contribution in [-0.4, -0.2) is 25.5 Å². The van der Waals surface area contributed by atoms with Crippen LogP contribution in [0.25, 0.3) is 10.8 Å². The van der Waals surface area contributed by atoms with Crippen LogP contribution >= 0.6 is 0 Å². The minimum atomic E-state index is -0.121. The molecule has 130 valence electrons. The van der Waals surface area contributed by atoms with Gasteiger partial charge in [-0.3, -0.25) is 0 Å². The minimum absolute atomic E-state index is 0.121. The summed E-state index contributed by atoms with van der Waals surface area (Å²) in [5.41, 5.74) is 3.07. The van der Waals surface area contributed by atoms with Crippen molar-refractivity contribution in [2.45, 2.75) is 19.5 Å². The molecule has 3 aromatic rings. The fourth-order valence-electron chi connectivity index (χ4n) is 3.22. The smallest absolute Gasteiger partial charge is 0.128 e. The summed E-state index contributed by atoms with van der Waals surface area (Å²) >= 11 is 0. The molecule has 0 atom stereocenters. The maximum absolute atomic E-state index is 14.3. The second kappa shape index (κ2) is 8.24. The molecule has 0 saturated heterocycles. The zero-order valence-electron chi connectivity index (χ0n) is 14.9. The summed E-state index contributed by atoms with van der Waals surface area (Å²) in [6.07, 6.45) is 0.956. The van der Waals surface area contributed by atoms with Gasteiger partial charge in [-0.25, -0.2) is 4.39 Å². The first-order valence-electron chi connectivity index (χ1n) is 8.74. The molecule has 3 aromatic carbocycles. The monoisotopic (exact) mass is 336 g/mol. The Bertz CT molecular complexity index is 839. The molecule has 0 bridgehead atoms. The Hall–Kier alpha value is -2.23. The topological polar surface area (TPSA) is 15.3 Å². The molecule has 0 spiro atoms. The van der Waals surface area contributed by atoms with E-state index in [1.54, 1.807) is 6.07 Å². The van der Waals surface area contributed by atoms with Crippen molar-refractivity contribution in [3.63, 3.8) is 0 Å². The van der Waals surface area contributed by atoms with Crippen molar-refractivity contribution in [1.82, 2.24) is 10.2 Å². The second-order valence-corrected chi connectivity index (χ2v) is 6.58. The zero-order valence-corrected chi connectivity index (χ0v) is 14.9. The molecule has 0 aliphatic carbocycles. The Morgan fingerprint density at radius 1 is 0.960 bits per heavy atom. The number of hydrogen-bond acceptors (Lipinski definition) is 2. The van der Waals surface area contributed by atoms with E-state index in [1.165, 1.54) is 16.3 Å². The lowest BCUT2D eigenvalue weighted by molar-refractivity contribution is 0.325. The Morgan fingerprint density at radius 3 is 2.56 bits per heavy atom. The number of hydrogen-bond donors (Lipinski definition) is 1. The first-order valence-corrected chi connectivity index (χ1v) is 8.74. The highest BCUT2D eigenvalue weighted by molar-refractivity contribution is 5.85. The van der Waals surface area contributed by atoms with Crippen LogP contribution < -0.4 is 5.32 Å². The van der Waals surface area contributed by atoms with Crippen molar-refractivity contribution >= 4 is 10.8 Å². The summed E-state index contributed by atoms with van der Waals surface area (Å²) in [6.45, 7) is 2.20. The minimum Gasteiger partial charge on any atom is -0.316 e. The van der Waals surface area contributed by atoms with Gasteiger partial charge in [-0.05, 0) is 48.5 Å². The van der Waals surface area contributed by atoms with Gasteiger partial charge in [0.15, 0.2) is 0 Å². The highest BCUT2D eigenvalue weighted by atomic mass is 19.1. The van der Waals surface area contributed by atoms with Gasteiger partial charge in [0, 0.05) is 25.2 Å². The van der Waals surface area contributed by atoms with Crippen LogP contribution in [0.1, 0.15) is 16.7 Å². The van der Waals surface area contributed by atoms with E-state index in [1.807, 2.05) is 26.2 Å². The predicted octanol–water partition coefficient (Wildman–Crippen LogP) is 4.37. The van der Waals surface area contributed by atoms with E-state index in [0.29, 0.717) is 13.1 Å². The highest BCUT2D eigenvalue weighted by Gasteiger charge is 2.08. The van der Waals surface area contributed by atoms with Crippen LogP contribution in [0.5, 0.6) is 0 Å². The molecule has 0 aromatic heterocycles. The highest BCUT2D eigenvalue weighted by Crippen LogP contribution is 2.19. The lowest BCUT2D eigenvalue weighted by Crippen LogP contribution is -2.21. The third-order valence-electron chi connectivity index (χ3n) is 4.58. The number of nitrogens with zero attached hydrogens (tertiary/aromatic N) is 1. The lowest BCUT2D eigenvalue weighted by atomic mass is 10.0. The number of fused-ring (bicyclic) bond motifs is 1. The van der Waals surface area contributed by atoms with Crippen molar-refractivity contribution in [2.24, 2.45) is 0 Å². The number of halogens is 1. The van der Waals surface area contributed by atoms with Gasteiger partial charge in [0.2, 0.25) is 0 Å². The van der Waals surface area contributed by atoms with Crippen LogP contribution in [-0.2, 0) is 19.5 Å². The van der Waals surface area contributed by atoms with Crippen LogP contribution in [0.4, 0.5) is 4.39 Å². The molecule has 0 heterocycles. The lowest BCUT2D eigenvalue weighted by Gasteiger charge is -2.18. The average Bonchev–Trinajstić information content (AvgIpc) is 2.62. The fourth-order valence-corrected chi connectivity index (χ4v) is 3.22. The summed E-state index contributed by atoms with van der Waals surface area (Å²) in [6, 6.07) is 20.4. The van der Waals surface area contributed by atoms with Crippen molar-refractivity contribution in [1.29, 1.82) is 0 Å². The molecule has 2 nitrogen and oxygen atoms in total. The van der Waals surface area contributed by atoms with Gasteiger partial charge in [-0.15, -0.1) is 0 Å². The van der Waals surface area contributed by atoms with Crippen molar-refractivity contribution in [2.75, 3.05) is 20.6 Å². The van der Waals surface area contributed by atoms with Gasteiger partial charge in [0.1, 0.15) is 5.82 Å². The maximum Gasteiger partial charge on any atom is 0.128 e. The molecule has 0 amide bonds. The Kier molecular flexibility index (Phi) is 5.79. The Balaban J connectivity index is 1.64. The first kappa shape index (κ1) is 17.6. The molecular weight excluding hydrogens is 311 g/mol. The van der Waals surface area contributed by atoms with Gasteiger partial charge in [0.25, 0.3) is 0 Å². The standard InChI is InChI=1S/C22H25FN2/c1-24-15-17-10-11-20(22(23)14-17)16-25(2)13-12-19-8-5-7-18-6-3-4-9-21(18)19/h3-11,14,24H,12-13,15-16H2,1-2H3. The number of likely N-dealkylation sites (N-methyl/N-ethyl adjacent to an activating group) is 1. The first-order chi connectivity index (χ1) is 12.2. The maximum atomic E-state index is 14.3.